The lowest BCUT2D eigenvalue weighted by Gasteiger charge is -2.49. The van der Waals surface area contributed by atoms with Crippen LogP contribution in [0.3, 0.4) is 0 Å². The number of pyridine rings is 1. The van der Waals surface area contributed by atoms with Crippen molar-refractivity contribution >= 4 is 5.91 Å². The average molecular weight is 310 g/mol. The van der Waals surface area contributed by atoms with Crippen LogP contribution in [0, 0.1) is 11.7 Å². The molecule has 0 unspecified atom stereocenters. The first-order valence-corrected chi connectivity index (χ1v) is 7.28. The summed E-state index contributed by atoms with van der Waals surface area (Å²) in [5.74, 6) is -0.378. The minimum absolute atomic E-state index is 0.0104. The second kappa shape index (κ2) is 6.18. The van der Waals surface area contributed by atoms with E-state index in [-0.39, 0.29) is 29.9 Å². The molecule has 7 heteroatoms. The van der Waals surface area contributed by atoms with Gasteiger partial charge in [-0.15, -0.1) is 0 Å². The van der Waals surface area contributed by atoms with Gasteiger partial charge in [-0.1, -0.05) is 0 Å². The van der Waals surface area contributed by atoms with Crippen LogP contribution in [0.2, 0.25) is 0 Å². The van der Waals surface area contributed by atoms with E-state index in [4.69, 9.17) is 14.2 Å². The molecule has 6 nitrogen and oxygen atoms in total. The Morgan fingerprint density at radius 3 is 3.14 bits per heavy atom. The number of aromatic nitrogens is 1. The van der Waals surface area contributed by atoms with Crippen LogP contribution in [0.1, 0.15) is 6.42 Å². The number of ether oxygens (including phenoxy) is 3. The van der Waals surface area contributed by atoms with Crippen LogP contribution in [0.4, 0.5) is 4.39 Å². The van der Waals surface area contributed by atoms with E-state index in [0.717, 1.165) is 6.42 Å². The molecule has 2 fully saturated rings. The summed E-state index contributed by atoms with van der Waals surface area (Å²) in [6.07, 6.45) is 2.33. The molecular formula is C15H19FN2O4. The standard InChI is InChI=1S/C15H19FN2O4/c1-20-8-13(19)18-9-15(10-18)11(4-6-22-15)7-21-14-12(16)3-2-5-17-14/h2-3,5,11H,4,6-10H2,1H3/t11-/m0/s1. The number of methoxy groups -OCH3 is 1. The Kier molecular flexibility index (Phi) is 4.26. The Bertz CT molecular complexity index is 548. The van der Waals surface area contributed by atoms with Gasteiger partial charge in [0.25, 0.3) is 0 Å². The SMILES string of the molecule is COCC(=O)N1CC2(C1)OCC[C@H]2COc1ncccc1F. The van der Waals surface area contributed by atoms with Crippen molar-refractivity contribution in [3.63, 3.8) is 0 Å². The largest absolute Gasteiger partial charge is 0.475 e. The van der Waals surface area contributed by atoms with Crippen LogP contribution in [-0.2, 0) is 14.3 Å². The molecule has 1 amide bonds. The average Bonchev–Trinajstić information content (AvgIpc) is 2.89. The third kappa shape index (κ3) is 2.78. The number of nitrogens with zero attached hydrogens (tertiary/aromatic N) is 2. The summed E-state index contributed by atoms with van der Waals surface area (Å²) in [7, 11) is 1.50. The van der Waals surface area contributed by atoms with E-state index in [1.807, 2.05) is 0 Å². The molecular weight excluding hydrogens is 291 g/mol. The smallest absolute Gasteiger partial charge is 0.250 e. The Morgan fingerprint density at radius 2 is 2.41 bits per heavy atom. The van der Waals surface area contributed by atoms with Gasteiger partial charge in [0.15, 0.2) is 5.82 Å². The summed E-state index contributed by atoms with van der Waals surface area (Å²) in [4.78, 5) is 17.3. The summed E-state index contributed by atoms with van der Waals surface area (Å²) in [6, 6.07) is 2.84. The molecule has 2 aliphatic rings. The first-order chi connectivity index (χ1) is 10.6. The van der Waals surface area contributed by atoms with E-state index >= 15 is 0 Å². The van der Waals surface area contributed by atoms with Gasteiger partial charge >= 0.3 is 0 Å². The Balaban J connectivity index is 1.56. The Hall–Kier alpha value is -1.73. The quantitative estimate of drug-likeness (QED) is 0.807. The fourth-order valence-corrected chi connectivity index (χ4v) is 3.02. The number of likely N-dealkylation sites (tertiary alicyclic amines) is 1. The van der Waals surface area contributed by atoms with Gasteiger partial charge < -0.3 is 19.1 Å². The highest BCUT2D eigenvalue weighted by atomic mass is 19.1. The number of rotatable bonds is 5. The van der Waals surface area contributed by atoms with Crippen molar-refractivity contribution in [3.8, 4) is 5.88 Å². The molecule has 22 heavy (non-hydrogen) atoms. The normalized spacial score (nSPS) is 22.6. The van der Waals surface area contributed by atoms with Crippen molar-refractivity contribution in [3.05, 3.63) is 24.1 Å². The van der Waals surface area contributed by atoms with E-state index in [1.54, 1.807) is 4.90 Å². The van der Waals surface area contributed by atoms with Gasteiger partial charge in [0.05, 0.1) is 19.7 Å². The van der Waals surface area contributed by atoms with Gasteiger partial charge in [0.1, 0.15) is 12.2 Å². The van der Waals surface area contributed by atoms with Gasteiger partial charge in [-0.25, -0.2) is 9.37 Å². The molecule has 1 aromatic rings. The molecule has 0 bridgehead atoms. The van der Waals surface area contributed by atoms with E-state index in [2.05, 4.69) is 4.98 Å². The van der Waals surface area contributed by atoms with Gasteiger partial charge in [-0.05, 0) is 18.6 Å². The molecule has 2 aliphatic heterocycles. The predicted molar refractivity (Wildman–Crippen MR) is 74.9 cm³/mol. The molecule has 1 atom stereocenters. The molecule has 120 valence electrons. The van der Waals surface area contributed by atoms with E-state index < -0.39 is 5.82 Å². The van der Waals surface area contributed by atoms with Crippen LogP contribution < -0.4 is 4.74 Å². The molecule has 0 N–H and O–H groups in total. The zero-order valence-electron chi connectivity index (χ0n) is 12.5. The van der Waals surface area contributed by atoms with Crippen LogP contribution in [-0.4, -0.2) is 61.4 Å². The third-order valence-corrected chi connectivity index (χ3v) is 4.28. The number of amides is 1. The highest BCUT2D eigenvalue weighted by molar-refractivity contribution is 5.78. The first-order valence-electron chi connectivity index (χ1n) is 7.28. The minimum Gasteiger partial charge on any atom is -0.475 e. The minimum atomic E-state index is -0.471. The van der Waals surface area contributed by atoms with Crippen molar-refractivity contribution in [1.82, 2.24) is 9.88 Å². The van der Waals surface area contributed by atoms with Crippen LogP contribution >= 0.6 is 0 Å². The van der Waals surface area contributed by atoms with Crippen molar-refractivity contribution in [2.24, 2.45) is 5.92 Å². The number of carbonyl (C=O) groups is 1. The van der Waals surface area contributed by atoms with Crippen molar-refractivity contribution < 1.29 is 23.4 Å². The molecule has 0 saturated carbocycles. The van der Waals surface area contributed by atoms with E-state index in [1.165, 1.54) is 25.4 Å². The summed E-state index contributed by atoms with van der Waals surface area (Å²) in [5.41, 5.74) is -0.366. The summed E-state index contributed by atoms with van der Waals surface area (Å²) < 4.78 is 29.7. The zero-order valence-corrected chi connectivity index (χ0v) is 12.5. The van der Waals surface area contributed by atoms with E-state index in [0.29, 0.717) is 26.3 Å². The third-order valence-electron chi connectivity index (χ3n) is 4.28. The van der Waals surface area contributed by atoms with Gasteiger partial charge in [0, 0.05) is 25.8 Å². The molecule has 0 aromatic carbocycles. The van der Waals surface area contributed by atoms with Crippen LogP contribution in [0.15, 0.2) is 18.3 Å². The molecule has 3 heterocycles. The number of hydrogen-bond donors (Lipinski definition) is 0. The summed E-state index contributed by atoms with van der Waals surface area (Å²) >= 11 is 0. The van der Waals surface area contributed by atoms with Crippen molar-refractivity contribution in [1.29, 1.82) is 0 Å². The molecule has 0 aliphatic carbocycles. The lowest BCUT2D eigenvalue weighted by Crippen LogP contribution is -2.67. The topological polar surface area (TPSA) is 60.9 Å². The monoisotopic (exact) mass is 310 g/mol. The van der Waals surface area contributed by atoms with Gasteiger partial charge in [-0.2, -0.15) is 0 Å². The number of carbonyl (C=O) groups excluding carboxylic acids is 1. The molecule has 0 radical (unpaired) electrons. The van der Waals surface area contributed by atoms with Crippen LogP contribution in [0.25, 0.3) is 0 Å². The maximum Gasteiger partial charge on any atom is 0.250 e. The number of hydrogen-bond acceptors (Lipinski definition) is 5. The summed E-state index contributed by atoms with van der Waals surface area (Å²) in [6.45, 7) is 2.11. The maximum atomic E-state index is 13.5. The lowest BCUT2D eigenvalue weighted by molar-refractivity contribution is -0.170. The van der Waals surface area contributed by atoms with Gasteiger partial charge in [-0.3, -0.25) is 4.79 Å². The molecule has 3 rings (SSSR count). The lowest BCUT2D eigenvalue weighted by atomic mass is 9.81. The first kappa shape index (κ1) is 15.2. The molecule has 1 spiro atoms. The van der Waals surface area contributed by atoms with E-state index in [9.17, 15) is 9.18 Å². The Labute approximate surface area is 128 Å². The number of halogens is 1. The maximum absolute atomic E-state index is 13.5. The predicted octanol–water partition coefficient (Wildman–Crippen LogP) is 0.863. The zero-order chi connectivity index (χ0) is 15.6. The van der Waals surface area contributed by atoms with Crippen LogP contribution in [0.5, 0.6) is 5.88 Å². The fourth-order valence-electron chi connectivity index (χ4n) is 3.02. The van der Waals surface area contributed by atoms with Gasteiger partial charge in [0.2, 0.25) is 11.8 Å². The highest BCUT2D eigenvalue weighted by Gasteiger charge is 2.54. The highest BCUT2D eigenvalue weighted by Crippen LogP contribution is 2.40. The summed E-state index contributed by atoms with van der Waals surface area (Å²) in [5, 5.41) is 0. The Morgan fingerprint density at radius 1 is 1.59 bits per heavy atom. The fraction of sp³-hybridized carbons (Fsp3) is 0.600. The molecule has 2 saturated heterocycles. The second-order valence-electron chi connectivity index (χ2n) is 5.68. The van der Waals surface area contributed by atoms with Crippen molar-refractivity contribution in [2.75, 3.05) is 40.0 Å². The molecule has 1 aromatic heterocycles. The van der Waals surface area contributed by atoms with Crippen molar-refractivity contribution in [2.45, 2.75) is 12.0 Å². The second-order valence-corrected chi connectivity index (χ2v) is 5.68.